The van der Waals surface area contributed by atoms with Gasteiger partial charge in [0.1, 0.15) is 12.1 Å². The Morgan fingerprint density at radius 3 is 2.12 bits per heavy atom. The summed E-state index contributed by atoms with van der Waals surface area (Å²) >= 11 is 0. The summed E-state index contributed by atoms with van der Waals surface area (Å²) < 4.78 is 40.2. The monoisotopic (exact) mass is 255 g/mol. The number of halogens is 3. The van der Waals surface area contributed by atoms with Gasteiger partial charge in [0, 0.05) is 6.42 Å². The average Bonchev–Trinajstić information content (AvgIpc) is 2.07. The molecule has 0 aliphatic heterocycles. The standard InChI is InChI=1S/C10H16F3NO3/c1-9(2,3)17-8(16)6-14-7(15)4-5-10(11,12)13/h4-6H2,1-3H3,(H,14,15). The lowest BCUT2D eigenvalue weighted by Crippen LogP contribution is -2.34. The highest BCUT2D eigenvalue weighted by Gasteiger charge is 2.28. The van der Waals surface area contributed by atoms with Gasteiger partial charge in [-0.1, -0.05) is 0 Å². The predicted molar refractivity (Wildman–Crippen MR) is 54.1 cm³/mol. The number of hydrogen-bond acceptors (Lipinski definition) is 3. The summed E-state index contributed by atoms with van der Waals surface area (Å²) in [5, 5.41) is 2.06. The van der Waals surface area contributed by atoms with Crippen molar-refractivity contribution in [2.24, 2.45) is 0 Å². The fraction of sp³-hybridized carbons (Fsp3) is 0.800. The van der Waals surface area contributed by atoms with Gasteiger partial charge < -0.3 is 10.1 Å². The Kier molecular flexibility index (Phi) is 5.44. The summed E-state index contributed by atoms with van der Waals surface area (Å²) in [7, 11) is 0. The van der Waals surface area contributed by atoms with E-state index in [0.29, 0.717) is 0 Å². The van der Waals surface area contributed by atoms with E-state index in [1.807, 2.05) is 0 Å². The van der Waals surface area contributed by atoms with Gasteiger partial charge in [-0.25, -0.2) is 0 Å². The van der Waals surface area contributed by atoms with E-state index in [1.54, 1.807) is 20.8 Å². The first-order chi connectivity index (χ1) is 7.49. The van der Waals surface area contributed by atoms with Crippen LogP contribution in [0, 0.1) is 0 Å². The first kappa shape index (κ1) is 15.7. The molecule has 100 valence electrons. The lowest BCUT2D eigenvalue weighted by Gasteiger charge is -2.19. The average molecular weight is 255 g/mol. The topological polar surface area (TPSA) is 55.4 Å². The third kappa shape index (κ3) is 11.0. The molecule has 0 rings (SSSR count). The first-order valence-electron chi connectivity index (χ1n) is 5.05. The number of amides is 1. The van der Waals surface area contributed by atoms with Crippen LogP contribution in [0.4, 0.5) is 13.2 Å². The summed E-state index contributed by atoms with van der Waals surface area (Å²) in [6, 6.07) is 0. The molecule has 0 saturated carbocycles. The Hall–Kier alpha value is -1.27. The minimum Gasteiger partial charge on any atom is -0.459 e. The number of alkyl halides is 3. The lowest BCUT2D eigenvalue weighted by atomic mass is 10.2. The highest BCUT2D eigenvalue weighted by atomic mass is 19.4. The second kappa shape index (κ2) is 5.88. The number of hydrogen-bond donors (Lipinski definition) is 1. The van der Waals surface area contributed by atoms with Crippen LogP contribution in [0.1, 0.15) is 33.6 Å². The Morgan fingerprint density at radius 1 is 1.18 bits per heavy atom. The maximum atomic E-state index is 11.8. The molecule has 0 unspecified atom stereocenters. The maximum Gasteiger partial charge on any atom is 0.389 e. The van der Waals surface area contributed by atoms with E-state index in [0.717, 1.165) is 0 Å². The molecular weight excluding hydrogens is 239 g/mol. The zero-order chi connectivity index (χ0) is 13.7. The van der Waals surface area contributed by atoms with E-state index in [2.05, 4.69) is 5.32 Å². The van der Waals surface area contributed by atoms with Gasteiger partial charge in [0.05, 0.1) is 6.42 Å². The number of nitrogens with one attached hydrogen (secondary N) is 1. The molecule has 0 aromatic rings. The smallest absolute Gasteiger partial charge is 0.389 e. The Morgan fingerprint density at radius 2 is 1.71 bits per heavy atom. The molecule has 0 bridgehead atoms. The van der Waals surface area contributed by atoms with Crippen LogP contribution in [0.25, 0.3) is 0 Å². The van der Waals surface area contributed by atoms with Crippen molar-refractivity contribution in [1.29, 1.82) is 0 Å². The molecule has 0 aromatic carbocycles. The van der Waals surface area contributed by atoms with Crippen molar-refractivity contribution >= 4 is 11.9 Å². The van der Waals surface area contributed by atoms with Crippen molar-refractivity contribution in [2.45, 2.75) is 45.4 Å². The Balaban J connectivity index is 3.82. The molecule has 4 nitrogen and oxygen atoms in total. The number of rotatable bonds is 4. The predicted octanol–water partition coefficient (Wildman–Crippen LogP) is 1.79. The van der Waals surface area contributed by atoms with Crippen molar-refractivity contribution in [2.75, 3.05) is 6.54 Å². The fourth-order valence-corrected chi connectivity index (χ4v) is 0.892. The van der Waals surface area contributed by atoms with Crippen LogP contribution < -0.4 is 5.32 Å². The van der Waals surface area contributed by atoms with E-state index >= 15 is 0 Å². The number of carbonyl (C=O) groups excluding carboxylic acids is 2. The maximum absolute atomic E-state index is 11.8. The van der Waals surface area contributed by atoms with E-state index in [1.165, 1.54) is 0 Å². The van der Waals surface area contributed by atoms with Crippen LogP contribution in [0.2, 0.25) is 0 Å². The Labute approximate surface area is 97.5 Å². The summed E-state index contributed by atoms with van der Waals surface area (Å²) in [5.41, 5.74) is -0.687. The summed E-state index contributed by atoms with van der Waals surface area (Å²) in [6.45, 7) is 4.52. The molecule has 0 saturated heterocycles. The molecule has 0 aromatic heterocycles. The number of ether oxygens (including phenoxy) is 1. The normalized spacial score (nSPS) is 12.1. The second-order valence-corrected chi connectivity index (χ2v) is 4.48. The Bertz CT molecular complexity index is 282. The molecule has 0 spiro atoms. The van der Waals surface area contributed by atoms with E-state index in [9.17, 15) is 22.8 Å². The largest absolute Gasteiger partial charge is 0.459 e. The first-order valence-corrected chi connectivity index (χ1v) is 5.05. The SMILES string of the molecule is CC(C)(C)OC(=O)CNC(=O)CCC(F)(F)F. The number of carbonyl (C=O) groups is 2. The van der Waals surface area contributed by atoms with Gasteiger partial charge in [-0.3, -0.25) is 9.59 Å². The van der Waals surface area contributed by atoms with Crippen LogP contribution in [0.15, 0.2) is 0 Å². The van der Waals surface area contributed by atoms with Crippen molar-refractivity contribution in [3.05, 3.63) is 0 Å². The number of esters is 1. The zero-order valence-corrected chi connectivity index (χ0v) is 9.98. The van der Waals surface area contributed by atoms with Gasteiger partial charge in [0.15, 0.2) is 0 Å². The molecule has 0 aliphatic rings. The molecule has 1 N–H and O–H groups in total. The van der Waals surface area contributed by atoms with Crippen LogP contribution >= 0.6 is 0 Å². The highest BCUT2D eigenvalue weighted by molar-refractivity contribution is 5.81. The minimum atomic E-state index is -4.37. The molecule has 0 radical (unpaired) electrons. The van der Waals surface area contributed by atoms with Gasteiger partial charge in [-0.05, 0) is 20.8 Å². The van der Waals surface area contributed by atoms with Crippen LogP contribution in [-0.2, 0) is 14.3 Å². The van der Waals surface area contributed by atoms with E-state index < -0.39 is 43.0 Å². The molecule has 0 fully saturated rings. The summed E-state index contributed by atoms with van der Waals surface area (Å²) in [6.07, 6.45) is -6.26. The van der Waals surface area contributed by atoms with Crippen molar-refractivity contribution in [3.8, 4) is 0 Å². The molecule has 17 heavy (non-hydrogen) atoms. The molecule has 0 heterocycles. The fourth-order valence-electron chi connectivity index (χ4n) is 0.892. The van der Waals surface area contributed by atoms with Gasteiger partial charge in [0.2, 0.25) is 5.91 Å². The summed E-state index contributed by atoms with van der Waals surface area (Å²) in [4.78, 5) is 22.0. The molecule has 0 aliphatic carbocycles. The second-order valence-electron chi connectivity index (χ2n) is 4.48. The van der Waals surface area contributed by atoms with Crippen LogP contribution in [0.3, 0.4) is 0 Å². The highest BCUT2D eigenvalue weighted by Crippen LogP contribution is 2.20. The van der Waals surface area contributed by atoms with E-state index in [-0.39, 0.29) is 0 Å². The summed E-state index contributed by atoms with van der Waals surface area (Å²) in [5.74, 6) is -1.51. The quantitative estimate of drug-likeness (QED) is 0.779. The van der Waals surface area contributed by atoms with Gasteiger partial charge in [0.25, 0.3) is 0 Å². The van der Waals surface area contributed by atoms with Gasteiger partial charge >= 0.3 is 12.1 Å². The minimum absolute atomic E-state index is 0.423. The van der Waals surface area contributed by atoms with Crippen molar-refractivity contribution < 1.29 is 27.5 Å². The van der Waals surface area contributed by atoms with Crippen molar-refractivity contribution in [1.82, 2.24) is 5.32 Å². The van der Waals surface area contributed by atoms with Gasteiger partial charge in [-0.15, -0.1) is 0 Å². The van der Waals surface area contributed by atoms with E-state index in [4.69, 9.17) is 4.74 Å². The molecule has 0 atom stereocenters. The van der Waals surface area contributed by atoms with Crippen LogP contribution in [-0.4, -0.2) is 30.2 Å². The molecule has 1 amide bonds. The van der Waals surface area contributed by atoms with Crippen LogP contribution in [0.5, 0.6) is 0 Å². The molecular formula is C10H16F3NO3. The van der Waals surface area contributed by atoms with Crippen molar-refractivity contribution in [3.63, 3.8) is 0 Å². The third-order valence-electron chi connectivity index (χ3n) is 1.49. The lowest BCUT2D eigenvalue weighted by molar-refractivity contribution is -0.155. The zero-order valence-electron chi connectivity index (χ0n) is 9.98. The third-order valence-corrected chi connectivity index (χ3v) is 1.49. The van der Waals surface area contributed by atoms with Gasteiger partial charge in [-0.2, -0.15) is 13.2 Å². The molecule has 7 heteroatoms.